The zero-order valence-electron chi connectivity index (χ0n) is 43.0. The van der Waals surface area contributed by atoms with Gasteiger partial charge in [-0.05, 0) is 111 Å². The van der Waals surface area contributed by atoms with E-state index in [1.165, 1.54) is 0 Å². The van der Waals surface area contributed by atoms with E-state index in [9.17, 15) is 16.8 Å². The molecule has 0 aliphatic carbocycles. The molecule has 4 N–H and O–H groups in total. The fourth-order valence-corrected chi connectivity index (χ4v) is 7.19. The van der Waals surface area contributed by atoms with Gasteiger partial charge in [0.05, 0.1) is 46.1 Å². The maximum Gasteiger partial charge on any atom is 0.496 e. The molecule has 66 heavy (non-hydrogen) atoms. The molecule has 5 heterocycles. The van der Waals surface area contributed by atoms with Gasteiger partial charge in [0.1, 0.15) is 24.6 Å². The molecule has 18 nitrogen and oxygen atoms in total. The molecule has 3 saturated heterocycles. The second-order valence-electron chi connectivity index (χ2n) is 19.6. The second-order valence-corrected chi connectivity index (χ2v) is 24.0. The molecule has 0 saturated carbocycles. The van der Waals surface area contributed by atoms with E-state index in [4.69, 9.17) is 37.4 Å². The maximum absolute atomic E-state index is 11.7. The Labute approximate surface area is 406 Å². The van der Waals surface area contributed by atoms with Crippen LogP contribution >= 0.6 is 15.9 Å². The minimum atomic E-state index is -3.50. The minimum absolute atomic E-state index is 0.214. The smallest absolute Gasteiger partial charge is 0.475 e. The first-order valence-corrected chi connectivity index (χ1v) is 26.9. The number of nitrogens with one attached hydrogen (secondary N) is 4. The first kappa shape index (κ1) is 59.9. The third kappa shape index (κ3) is 17.9. The average molecular weight is 1040 g/mol. The summed E-state index contributed by atoms with van der Waals surface area (Å²) in [4.78, 5) is 8.34. The molecular weight excluding hydrogens is 957 g/mol. The minimum Gasteiger partial charge on any atom is -0.475 e. The zero-order valence-corrected chi connectivity index (χ0v) is 46.2. The number of sulfonamides is 2. The molecule has 0 radical (unpaired) electrons. The predicted molar refractivity (Wildman–Crippen MR) is 270 cm³/mol. The van der Waals surface area contributed by atoms with Crippen molar-refractivity contribution in [1.29, 1.82) is 0 Å². The summed E-state index contributed by atoms with van der Waals surface area (Å²) in [6.45, 7) is 38.2. The molecular formula is C42H78B3BrN6O12S2. The zero-order chi connectivity index (χ0) is 50.9. The lowest BCUT2D eigenvalue weighted by Crippen LogP contribution is -2.41. The van der Waals surface area contributed by atoms with E-state index in [0.29, 0.717) is 54.0 Å². The number of halogens is 1. The summed E-state index contributed by atoms with van der Waals surface area (Å²) in [5.41, 5.74) is -1.24. The van der Waals surface area contributed by atoms with Gasteiger partial charge in [-0.25, -0.2) is 26.8 Å². The number of rotatable bonds is 16. The summed E-state index contributed by atoms with van der Waals surface area (Å²) in [5.74, 6) is 0.477. The van der Waals surface area contributed by atoms with Crippen molar-refractivity contribution < 1.29 is 54.2 Å². The largest absolute Gasteiger partial charge is 0.496 e. The SMILES string of the molecule is CC.CC(C)NCCOc1ncc(B2OC(C)(C)C(C)(C)O2)cc1NS(C)(=O)=O.CC(C)NCCOc1ncc(Br)cc1NS(C)(=O)=O.CC1(C)OB(B2OC(C)(C)C(C)(C)O2)OC1(C)C. The summed E-state index contributed by atoms with van der Waals surface area (Å²) < 4.78 is 98.5. The second kappa shape index (κ2) is 23.6. The lowest BCUT2D eigenvalue weighted by atomic mass is 9.49. The van der Waals surface area contributed by atoms with Gasteiger partial charge in [-0.15, -0.1) is 0 Å². The first-order chi connectivity index (χ1) is 30.0. The van der Waals surface area contributed by atoms with Crippen molar-refractivity contribution in [3.05, 3.63) is 29.0 Å². The number of hydrogen-bond acceptors (Lipinski definition) is 16. The Morgan fingerprint density at radius 2 is 0.894 bits per heavy atom. The third-order valence-electron chi connectivity index (χ3n) is 11.4. The van der Waals surface area contributed by atoms with Crippen LogP contribution in [0.4, 0.5) is 11.4 Å². The summed E-state index contributed by atoms with van der Waals surface area (Å²) in [6, 6.07) is 3.96. The molecule has 0 spiro atoms. The Hall–Kier alpha value is -2.25. The summed E-state index contributed by atoms with van der Waals surface area (Å²) in [7, 11) is -8.46. The van der Waals surface area contributed by atoms with Crippen LogP contribution < -0.4 is 35.0 Å². The van der Waals surface area contributed by atoms with Crippen molar-refractivity contribution in [2.24, 2.45) is 0 Å². The fourth-order valence-electron chi connectivity index (χ4n) is 5.77. The van der Waals surface area contributed by atoms with Crippen LogP contribution in [0.1, 0.15) is 125 Å². The highest BCUT2D eigenvalue weighted by atomic mass is 79.9. The lowest BCUT2D eigenvalue weighted by molar-refractivity contribution is 0.00578. The van der Waals surface area contributed by atoms with E-state index in [1.807, 2.05) is 125 Å². The molecule has 2 aromatic heterocycles. The third-order valence-corrected chi connectivity index (χ3v) is 13.0. The molecule has 0 unspecified atom stereocenters. The van der Waals surface area contributed by atoms with Gasteiger partial charge in [0.15, 0.2) is 0 Å². The van der Waals surface area contributed by atoms with Crippen molar-refractivity contribution in [3.63, 3.8) is 0 Å². The Morgan fingerprint density at radius 3 is 1.23 bits per heavy atom. The van der Waals surface area contributed by atoms with Gasteiger partial charge >= 0.3 is 21.1 Å². The first-order valence-electron chi connectivity index (χ1n) is 22.4. The molecule has 0 bridgehead atoms. The number of hydrogen-bond donors (Lipinski definition) is 4. The summed E-state index contributed by atoms with van der Waals surface area (Å²) in [6.07, 6.45) is 5.30. The highest BCUT2D eigenvalue weighted by Gasteiger charge is 2.63. The maximum atomic E-state index is 11.7. The van der Waals surface area contributed by atoms with Gasteiger partial charge in [0.25, 0.3) is 0 Å². The van der Waals surface area contributed by atoms with Crippen molar-refractivity contribution >= 4 is 74.0 Å². The van der Waals surface area contributed by atoms with Crippen molar-refractivity contribution in [1.82, 2.24) is 20.6 Å². The number of aromatic nitrogens is 2. The average Bonchev–Trinajstić information content (AvgIpc) is 3.62. The lowest BCUT2D eigenvalue weighted by Gasteiger charge is -2.32. The molecule has 2 aromatic rings. The topological polar surface area (TPSA) is 216 Å². The van der Waals surface area contributed by atoms with Gasteiger partial charge in [-0.3, -0.25) is 9.44 Å². The van der Waals surface area contributed by atoms with E-state index < -0.39 is 52.4 Å². The molecule has 0 aromatic carbocycles. The highest BCUT2D eigenvalue weighted by Crippen LogP contribution is 2.43. The van der Waals surface area contributed by atoms with Gasteiger partial charge in [0.2, 0.25) is 31.8 Å². The van der Waals surface area contributed by atoms with Crippen molar-refractivity contribution in [2.75, 3.05) is 48.3 Å². The van der Waals surface area contributed by atoms with Crippen LogP contribution in [-0.2, 0) is 48.0 Å². The summed E-state index contributed by atoms with van der Waals surface area (Å²) >= 11 is 3.24. The predicted octanol–water partition coefficient (Wildman–Crippen LogP) is 6.00. The summed E-state index contributed by atoms with van der Waals surface area (Å²) in [5, 5.41) is 6.42. The van der Waals surface area contributed by atoms with Crippen LogP contribution in [0, 0.1) is 0 Å². The monoisotopic (exact) mass is 1030 g/mol. The van der Waals surface area contributed by atoms with Crippen LogP contribution in [0.2, 0.25) is 0 Å². The van der Waals surface area contributed by atoms with Gasteiger partial charge < -0.3 is 48.0 Å². The quantitative estimate of drug-likeness (QED) is 0.112. The van der Waals surface area contributed by atoms with Crippen LogP contribution in [0.25, 0.3) is 0 Å². The molecule has 376 valence electrons. The van der Waals surface area contributed by atoms with Gasteiger partial charge in [-0.1, -0.05) is 41.5 Å². The van der Waals surface area contributed by atoms with Crippen molar-refractivity contribution in [3.8, 4) is 11.8 Å². The van der Waals surface area contributed by atoms with E-state index in [1.54, 1.807) is 24.5 Å². The normalized spacial score (nSPS) is 19.8. The molecule has 3 aliphatic heterocycles. The molecule has 24 heteroatoms. The molecule has 5 rings (SSSR count). The van der Waals surface area contributed by atoms with E-state index >= 15 is 0 Å². The Balaban J connectivity index is 0.000000343. The van der Waals surface area contributed by atoms with E-state index in [2.05, 4.69) is 46.0 Å². The Morgan fingerprint density at radius 1 is 0.576 bits per heavy atom. The van der Waals surface area contributed by atoms with Gasteiger partial charge in [0, 0.05) is 47.5 Å². The van der Waals surface area contributed by atoms with Gasteiger partial charge in [-0.2, -0.15) is 0 Å². The Bertz CT molecular complexity index is 2020. The number of ether oxygens (including phenoxy) is 2. The molecule has 0 amide bonds. The number of anilines is 2. The number of pyridine rings is 2. The molecule has 0 atom stereocenters. The molecule has 3 fully saturated rings. The van der Waals surface area contributed by atoms with Crippen LogP contribution in [0.3, 0.4) is 0 Å². The molecule has 3 aliphatic rings. The van der Waals surface area contributed by atoms with Crippen molar-refractivity contribution in [2.45, 2.75) is 170 Å². The highest BCUT2D eigenvalue weighted by molar-refractivity contribution is 9.10. The Kier molecular flexibility index (Phi) is 21.4. The van der Waals surface area contributed by atoms with Crippen LogP contribution in [0.5, 0.6) is 11.8 Å². The van der Waals surface area contributed by atoms with Crippen LogP contribution in [0.15, 0.2) is 29.0 Å². The van der Waals surface area contributed by atoms with E-state index in [-0.39, 0.29) is 39.9 Å². The standard InChI is InChI=1S/C17H30BN3O5S.C12H24B2O4.C11H18BrN3O3S.C2H6/c1-12(2)19-8-9-24-15-14(21-27(7,22)23)10-13(11-20-15)18-25-16(3,4)17(5,6)26-18;1-9(2)10(3,4)16-13(15-9)14-17-11(5,6)12(7,8)18-14;1-8(2)13-4-5-18-11-10(15-19(3,16)17)6-9(12)7-14-11;1-2/h10-12,19,21H,8-9H2,1-7H3;1-8H3;6-8,13,15H,4-5H2,1-3H3;1-2H3. The van der Waals surface area contributed by atoms with E-state index in [0.717, 1.165) is 12.5 Å². The van der Waals surface area contributed by atoms with Crippen LogP contribution in [-0.4, -0.2) is 132 Å². The fraction of sp³-hybridized carbons (Fsp3) is 0.762. The number of nitrogens with zero attached hydrogens (tertiary/aromatic N) is 2.